The van der Waals surface area contributed by atoms with E-state index in [-0.39, 0.29) is 0 Å². The Morgan fingerprint density at radius 1 is 1.42 bits per heavy atom. The first kappa shape index (κ1) is 15.0. The Morgan fingerprint density at radius 2 is 2.05 bits per heavy atom. The third-order valence-electron chi connectivity index (χ3n) is 2.90. The lowest BCUT2D eigenvalue weighted by Gasteiger charge is -2.22. The molecule has 0 saturated carbocycles. The highest BCUT2D eigenvalue weighted by Gasteiger charge is 2.16. The number of anilines is 1. The van der Waals surface area contributed by atoms with Gasteiger partial charge in [0.1, 0.15) is 5.75 Å². The molecule has 1 rings (SSSR count). The second kappa shape index (κ2) is 6.78. The van der Waals surface area contributed by atoms with Gasteiger partial charge in [-0.2, -0.15) is 0 Å². The minimum atomic E-state index is -1.06. The van der Waals surface area contributed by atoms with Crippen LogP contribution in [0.15, 0.2) is 18.2 Å². The number of aliphatic carboxylic acids is 1. The molecule has 1 unspecified atom stereocenters. The number of hydrogen-bond donors (Lipinski definition) is 1. The van der Waals surface area contributed by atoms with E-state index in [1.807, 2.05) is 19.9 Å². The largest absolute Gasteiger partial charge is 0.479 e. The SMILES string of the molecule is CCN(CC)c1ccc(C=O)c(OC(C)C(=O)O)c1. The Bertz CT molecular complexity index is 455. The van der Waals surface area contributed by atoms with Crippen molar-refractivity contribution >= 4 is 17.9 Å². The molecule has 0 bridgehead atoms. The molecular weight excluding hydrogens is 246 g/mol. The number of aldehydes is 1. The van der Waals surface area contributed by atoms with Gasteiger partial charge < -0.3 is 14.7 Å². The van der Waals surface area contributed by atoms with Gasteiger partial charge in [-0.15, -0.1) is 0 Å². The molecule has 5 nitrogen and oxygen atoms in total. The molecule has 0 aromatic heterocycles. The summed E-state index contributed by atoms with van der Waals surface area (Å²) in [5.74, 6) is -0.764. The van der Waals surface area contributed by atoms with Gasteiger partial charge >= 0.3 is 5.97 Å². The van der Waals surface area contributed by atoms with Gasteiger partial charge in [0.15, 0.2) is 12.4 Å². The lowest BCUT2D eigenvalue weighted by Crippen LogP contribution is -2.24. The van der Waals surface area contributed by atoms with Gasteiger partial charge in [-0.3, -0.25) is 4.79 Å². The Kier molecular flexibility index (Phi) is 5.36. The van der Waals surface area contributed by atoms with Crippen LogP contribution in [0.4, 0.5) is 5.69 Å². The van der Waals surface area contributed by atoms with Gasteiger partial charge in [-0.25, -0.2) is 4.79 Å². The highest BCUT2D eigenvalue weighted by atomic mass is 16.5. The molecular formula is C14H19NO4. The number of nitrogens with zero attached hydrogens (tertiary/aromatic N) is 1. The number of carbonyl (C=O) groups excluding carboxylic acids is 1. The van der Waals surface area contributed by atoms with Crippen LogP contribution in [0.3, 0.4) is 0 Å². The fourth-order valence-corrected chi connectivity index (χ4v) is 1.75. The molecule has 0 aliphatic rings. The van der Waals surface area contributed by atoms with Crippen LogP contribution in [0.1, 0.15) is 31.1 Å². The summed E-state index contributed by atoms with van der Waals surface area (Å²) >= 11 is 0. The Hall–Kier alpha value is -2.04. The average Bonchev–Trinajstić information content (AvgIpc) is 2.40. The molecule has 0 saturated heterocycles. The molecule has 1 atom stereocenters. The van der Waals surface area contributed by atoms with Crippen LogP contribution in [-0.4, -0.2) is 36.6 Å². The molecule has 0 spiro atoms. The van der Waals surface area contributed by atoms with Crippen LogP contribution in [-0.2, 0) is 4.79 Å². The van der Waals surface area contributed by atoms with Crippen molar-refractivity contribution in [2.75, 3.05) is 18.0 Å². The van der Waals surface area contributed by atoms with Crippen molar-refractivity contribution < 1.29 is 19.4 Å². The van der Waals surface area contributed by atoms with Crippen molar-refractivity contribution in [1.82, 2.24) is 0 Å². The normalized spacial score (nSPS) is 11.7. The van der Waals surface area contributed by atoms with Crippen molar-refractivity contribution in [3.8, 4) is 5.75 Å². The first-order valence-corrected chi connectivity index (χ1v) is 6.27. The smallest absolute Gasteiger partial charge is 0.344 e. The van der Waals surface area contributed by atoms with Gasteiger partial charge in [0.05, 0.1) is 5.56 Å². The fourth-order valence-electron chi connectivity index (χ4n) is 1.75. The van der Waals surface area contributed by atoms with Crippen molar-refractivity contribution in [2.24, 2.45) is 0 Å². The zero-order valence-corrected chi connectivity index (χ0v) is 11.4. The third-order valence-corrected chi connectivity index (χ3v) is 2.90. The summed E-state index contributed by atoms with van der Waals surface area (Å²) in [6.45, 7) is 7.13. The van der Waals surface area contributed by atoms with Crippen molar-refractivity contribution in [2.45, 2.75) is 26.9 Å². The summed E-state index contributed by atoms with van der Waals surface area (Å²) in [6, 6.07) is 5.18. The molecule has 5 heteroatoms. The van der Waals surface area contributed by atoms with E-state index >= 15 is 0 Å². The summed E-state index contributed by atoms with van der Waals surface area (Å²) in [7, 11) is 0. The zero-order valence-electron chi connectivity index (χ0n) is 11.4. The number of ether oxygens (including phenoxy) is 1. The van der Waals surface area contributed by atoms with Crippen LogP contribution in [0.5, 0.6) is 5.75 Å². The molecule has 0 fully saturated rings. The molecule has 1 aromatic carbocycles. The van der Waals surface area contributed by atoms with E-state index in [4.69, 9.17) is 9.84 Å². The summed E-state index contributed by atoms with van der Waals surface area (Å²) in [5, 5.41) is 8.85. The predicted octanol–water partition coefficient (Wildman–Crippen LogP) is 2.20. The standard InChI is InChI=1S/C14H19NO4/c1-4-15(5-2)12-7-6-11(9-16)13(8-12)19-10(3)14(17)18/h6-10H,4-5H2,1-3H3,(H,17,18). The van der Waals surface area contributed by atoms with Gasteiger partial charge in [0, 0.05) is 24.8 Å². The van der Waals surface area contributed by atoms with Crippen molar-refractivity contribution in [3.63, 3.8) is 0 Å². The Labute approximate surface area is 112 Å². The molecule has 0 heterocycles. The third kappa shape index (κ3) is 3.71. The molecule has 19 heavy (non-hydrogen) atoms. The molecule has 1 N–H and O–H groups in total. The Balaban J connectivity index is 3.08. The average molecular weight is 265 g/mol. The fraction of sp³-hybridized carbons (Fsp3) is 0.429. The maximum atomic E-state index is 11.0. The second-order valence-electron chi connectivity index (χ2n) is 4.11. The van der Waals surface area contributed by atoms with Crippen LogP contribution in [0, 0.1) is 0 Å². The monoisotopic (exact) mass is 265 g/mol. The lowest BCUT2D eigenvalue weighted by molar-refractivity contribution is -0.144. The first-order valence-electron chi connectivity index (χ1n) is 6.27. The predicted molar refractivity (Wildman–Crippen MR) is 73.1 cm³/mol. The first-order chi connectivity index (χ1) is 9.03. The second-order valence-corrected chi connectivity index (χ2v) is 4.11. The number of carbonyl (C=O) groups is 2. The van der Waals surface area contributed by atoms with Gasteiger partial charge in [-0.05, 0) is 32.9 Å². The number of carboxylic acid groups (broad SMARTS) is 1. The van der Waals surface area contributed by atoms with Crippen LogP contribution in [0.25, 0.3) is 0 Å². The lowest BCUT2D eigenvalue weighted by atomic mass is 10.2. The maximum absolute atomic E-state index is 11.0. The number of rotatable bonds is 7. The van der Waals surface area contributed by atoms with Gasteiger partial charge in [0.2, 0.25) is 0 Å². The minimum Gasteiger partial charge on any atom is -0.479 e. The van der Waals surface area contributed by atoms with Crippen molar-refractivity contribution in [3.05, 3.63) is 23.8 Å². The van der Waals surface area contributed by atoms with Crippen LogP contribution < -0.4 is 9.64 Å². The molecule has 104 valence electrons. The van der Waals surface area contributed by atoms with E-state index in [9.17, 15) is 9.59 Å². The van der Waals surface area contributed by atoms with Crippen LogP contribution in [0.2, 0.25) is 0 Å². The van der Waals surface area contributed by atoms with E-state index < -0.39 is 12.1 Å². The van der Waals surface area contributed by atoms with E-state index in [0.717, 1.165) is 18.8 Å². The van der Waals surface area contributed by atoms with Crippen LogP contribution >= 0.6 is 0 Å². The topological polar surface area (TPSA) is 66.8 Å². The van der Waals surface area contributed by atoms with E-state index in [0.29, 0.717) is 17.6 Å². The molecule has 0 aliphatic heterocycles. The highest BCUT2D eigenvalue weighted by molar-refractivity contribution is 5.81. The molecule has 0 aliphatic carbocycles. The minimum absolute atomic E-state index is 0.300. The van der Waals surface area contributed by atoms with Gasteiger partial charge in [-0.1, -0.05) is 0 Å². The van der Waals surface area contributed by atoms with E-state index in [1.54, 1.807) is 12.1 Å². The number of hydrogen-bond acceptors (Lipinski definition) is 4. The summed E-state index contributed by atoms with van der Waals surface area (Å²) in [6.07, 6.45) is -0.332. The Morgan fingerprint density at radius 3 is 2.53 bits per heavy atom. The van der Waals surface area contributed by atoms with Crippen molar-refractivity contribution in [1.29, 1.82) is 0 Å². The van der Waals surface area contributed by atoms with Gasteiger partial charge in [0.25, 0.3) is 0 Å². The molecule has 0 amide bonds. The number of carboxylic acids is 1. The number of benzene rings is 1. The highest BCUT2D eigenvalue weighted by Crippen LogP contribution is 2.25. The quantitative estimate of drug-likeness (QED) is 0.765. The summed E-state index contributed by atoms with van der Waals surface area (Å²) in [4.78, 5) is 23.9. The summed E-state index contributed by atoms with van der Waals surface area (Å²) in [5.41, 5.74) is 1.26. The molecule has 0 radical (unpaired) electrons. The van der Waals surface area contributed by atoms with E-state index in [2.05, 4.69) is 4.90 Å². The zero-order chi connectivity index (χ0) is 14.4. The summed E-state index contributed by atoms with van der Waals surface area (Å²) < 4.78 is 5.32. The maximum Gasteiger partial charge on any atom is 0.344 e. The van der Waals surface area contributed by atoms with E-state index in [1.165, 1.54) is 6.92 Å². The molecule has 1 aromatic rings.